The van der Waals surface area contributed by atoms with E-state index in [9.17, 15) is 4.39 Å². The largest absolute Gasteiger partial charge is 0.330 e. The molecule has 0 aromatic heterocycles. The Morgan fingerprint density at radius 2 is 1.59 bits per heavy atom. The lowest BCUT2D eigenvalue weighted by Gasteiger charge is -2.15. The molecule has 0 saturated carbocycles. The molecule has 0 aliphatic rings. The maximum atomic E-state index is 13.6. The van der Waals surface area contributed by atoms with Crippen LogP contribution < -0.4 is 5.73 Å². The van der Waals surface area contributed by atoms with Gasteiger partial charge in [-0.2, -0.15) is 0 Å². The zero-order valence-corrected chi connectivity index (χ0v) is 9.64. The SMILES string of the molecule is NCC(Cc1ccccc1F)c1ccccc1. The minimum absolute atomic E-state index is 0.151. The highest BCUT2D eigenvalue weighted by atomic mass is 19.1. The van der Waals surface area contributed by atoms with E-state index < -0.39 is 0 Å². The lowest BCUT2D eigenvalue weighted by Crippen LogP contribution is -2.15. The van der Waals surface area contributed by atoms with Crippen LogP contribution in [0.15, 0.2) is 54.6 Å². The zero-order chi connectivity index (χ0) is 12.1. The van der Waals surface area contributed by atoms with Gasteiger partial charge in [-0.25, -0.2) is 4.39 Å². The normalized spacial score (nSPS) is 12.4. The quantitative estimate of drug-likeness (QED) is 0.856. The molecule has 0 aliphatic carbocycles. The van der Waals surface area contributed by atoms with Crippen molar-refractivity contribution in [2.45, 2.75) is 12.3 Å². The Balaban J connectivity index is 2.19. The Morgan fingerprint density at radius 1 is 0.941 bits per heavy atom. The van der Waals surface area contributed by atoms with Crippen LogP contribution in [0.2, 0.25) is 0 Å². The van der Waals surface area contributed by atoms with E-state index in [1.807, 2.05) is 42.5 Å². The van der Waals surface area contributed by atoms with Gasteiger partial charge in [0.25, 0.3) is 0 Å². The number of rotatable bonds is 4. The second kappa shape index (κ2) is 5.60. The molecule has 1 atom stereocenters. The molecule has 0 radical (unpaired) electrons. The summed E-state index contributed by atoms with van der Waals surface area (Å²) in [5, 5.41) is 0. The van der Waals surface area contributed by atoms with E-state index in [2.05, 4.69) is 0 Å². The van der Waals surface area contributed by atoms with Gasteiger partial charge in [-0.15, -0.1) is 0 Å². The summed E-state index contributed by atoms with van der Waals surface area (Å²) in [5.74, 6) is 0.0231. The number of benzene rings is 2. The Morgan fingerprint density at radius 3 is 2.24 bits per heavy atom. The Kier molecular flexibility index (Phi) is 3.89. The van der Waals surface area contributed by atoms with E-state index in [1.165, 1.54) is 11.6 Å². The van der Waals surface area contributed by atoms with Crippen LogP contribution in [0.25, 0.3) is 0 Å². The molecule has 0 spiro atoms. The summed E-state index contributed by atoms with van der Waals surface area (Å²) in [5.41, 5.74) is 7.67. The van der Waals surface area contributed by atoms with Crippen LogP contribution in [-0.4, -0.2) is 6.54 Å². The van der Waals surface area contributed by atoms with Crippen LogP contribution in [0, 0.1) is 5.82 Å². The predicted octanol–water partition coefficient (Wildman–Crippen LogP) is 3.11. The molecule has 0 bridgehead atoms. The summed E-state index contributed by atoms with van der Waals surface area (Å²) in [6.07, 6.45) is 0.646. The zero-order valence-electron chi connectivity index (χ0n) is 9.64. The molecule has 2 aromatic carbocycles. The minimum atomic E-state index is -0.151. The van der Waals surface area contributed by atoms with Crippen molar-refractivity contribution in [1.29, 1.82) is 0 Å². The van der Waals surface area contributed by atoms with Crippen LogP contribution in [0.5, 0.6) is 0 Å². The molecular formula is C15H16FN. The molecule has 2 N–H and O–H groups in total. The Hall–Kier alpha value is -1.67. The lowest BCUT2D eigenvalue weighted by molar-refractivity contribution is 0.590. The van der Waals surface area contributed by atoms with Crippen molar-refractivity contribution in [3.8, 4) is 0 Å². The summed E-state index contributed by atoms with van der Waals surface area (Å²) >= 11 is 0. The van der Waals surface area contributed by atoms with Crippen molar-refractivity contribution in [2.24, 2.45) is 5.73 Å². The molecular weight excluding hydrogens is 213 g/mol. The van der Waals surface area contributed by atoms with Gasteiger partial charge in [0.05, 0.1) is 0 Å². The molecule has 2 aromatic rings. The van der Waals surface area contributed by atoms with Gasteiger partial charge < -0.3 is 5.73 Å². The van der Waals surface area contributed by atoms with Crippen molar-refractivity contribution in [2.75, 3.05) is 6.54 Å². The fourth-order valence-electron chi connectivity index (χ4n) is 1.99. The highest BCUT2D eigenvalue weighted by molar-refractivity contribution is 5.25. The molecule has 2 heteroatoms. The van der Waals surface area contributed by atoms with Gasteiger partial charge in [0.2, 0.25) is 0 Å². The second-order valence-electron chi connectivity index (χ2n) is 4.14. The van der Waals surface area contributed by atoms with E-state index in [0.717, 1.165) is 5.56 Å². The van der Waals surface area contributed by atoms with Crippen molar-refractivity contribution in [3.05, 3.63) is 71.5 Å². The first-order chi connectivity index (χ1) is 8.31. The van der Waals surface area contributed by atoms with Crippen LogP contribution >= 0.6 is 0 Å². The van der Waals surface area contributed by atoms with E-state index in [0.29, 0.717) is 13.0 Å². The number of nitrogens with two attached hydrogens (primary N) is 1. The van der Waals surface area contributed by atoms with Gasteiger partial charge >= 0.3 is 0 Å². The number of halogens is 1. The third kappa shape index (κ3) is 2.92. The first-order valence-corrected chi connectivity index (χ1v) is 5.79. The Bertz CT molecular complexity index is 467. The summed E-state index contributed by atoms with van der Waals surface area (Å²) in [6.45, 7) is 0.526. The van der Waals surface area contributed by atoms with Gasteiger partial charge in [0, 0.05) is 5.92 Å². The van der Waals surface area contributed by atoms with Gasteiger partial charge in [-0.05, 0) is 30.2 Å². The van der Waals surface area contributed by atoms with Crippen LogP contribution in [0.3, 0.4) is 0 Å². The number of hydrogen-bond donors (Lipinski definition) is 1. The summed E-state index contributed by atoms with van der Waals surface area (Å²) < 4.78 is 13.6. The van der Waals surface area contributed by atoms with Crippen molar-refractivity contribution in [3.63, 3.8) is 0 Å². The highest BCUT2D eigenvalue weighted by Gasteiger charge is 2.12. The van der Waals surface area contributed by atoms with Crippen molar-refractivity contribution >= 4 is 0 Å². The third-order valence-electron chi connectivity index (χ3n) is 2.98. The van der Waals surface area contributed by atoms with Crippen LogP contribution in [0.1, 0.15) is 17.0 Å². The summed E-state index contributed by atoms with van der Waals surface area (Å²) in [4.78, 5) is 0. The van der Waals surface area contributed by atoms with Crippen LogP contribution in [0.4, 0.5) is 4.39 Å². The van der Waals surface area contributed by atoms with Crippen molar-refractivity contribution in [1.82, 2.24) is 0 Å². The smallest absolute Gasteiger partial charge is 0.126 e. The molecule has 0 heterocycles. The van der Waals surface area contributed by atoms with E-state index in [-0.39, 0.29) is 11.7 Å². The maximum Gasteiger partial charge on any atom is 0.126 e. The molecule has 88 valence electrons. The van der Waals surface area contributed by atoms with Gasteiger partial charge in [0.1, 0.15) is 5.82 Å². The first kappa shape index (κ1) is 11.8. The molecule has 0 aliphatic heterocycles. The van der Waals surface area contributed by atoms with Gasteiger partial charge in [-0.1, -0.05) is 48.5 Å². The molecule has 17 heavy (non-hydrogen) atoms. The molecule has 0 amide bonds. The highest BCUT2D eigenvalue weighted by Crippen LogP contribution is 2.21. The van der Waals surface area contributed by atoms with E-state index >= 15 is 0 Å². The van der Waals surface area contributed by atoms with E-state index in [1.54, 1.807) is 6.07 Å². The standard InChI is InChI=1S/C15H16FN/c16-15-9-5-4-8-13(15)10-14(11-17)12-6-2-1-3-7-12/h1-9,14H,10-11,17H2. The van der Waals surface area contributed by atoms with Crippen molar-refractivity contribution < 1.29 is 4.39 Å². The molecule has 2 rings (SSSR count). The first-order valence-electron chi connectivity index (χ1n) is 5.79. The van der Waals surface area contributed by atoms with Crippen LogP contribution in [-0.2, 0) is 6.42 Å². The topological polar surface area (TPSA) is 26.0 Å². The fourth-order valence-corrected chi connectivity index (χ4v) is 1.99. The average Bonchev–Trinajstić information content (AvgIpc) is 2.39. The minimum Gasteiger partial charge on any atom is -0.330 e. The van der Waals surface area contributed by atoms with Gasteiger partial charge in [0.15, 0.2) is 0 Å². The fraction of sp³-hybridized carbons (Fsp3) is 0.200. The monoisotopic (exact) mass is 229 g/mol. The lowest BCUT2D eigenvalue weighted by atomic mass is 9.92. The average molecular weight is 229 g/mol. The predicted molar refractivity (Wildman–Crippen MR) is 68.3 cm³/mol. The maximum absolute atomic E-state index is 13.6. The second-order valence-corrected chi connectivity index (χ2v) is 4.14. The molecule has 0 fully saturated rings. The Labute approximate surface area is 101 Å². The molecule has 0 saturated heterocycles. The van der Waals surface area contributed by atoms with E-state index in [4.69, 9.17) is 5.73 Å². The third-order valence-corrected chi connectivity index (χ3v) is 2.98. The molecule has 1 nitrogen and oxygen atoms in total. The summed E-state index contributed by atoms with van der Waals surface area (Å²) in [7, 11) is 0. The number of hydrogen-bond acceptors (Lipinski definition) is 1. The van der Waals surface area contributed by atoms with Gasteiger partial charge in [-0.3, -0.25) is 0 Å². The molecule has 1 unspecified atom stereocenters. The summed E-state index contributed by atoms with van der Waals surface area (Å²) in [6, 6.07) is 16.9.